The van der Waals surface area contributed by atoms with Crippen molar-refractivity contribution in [3.63, 3.8) is 0 Å². The zero-order valence-electron chi connectivity index (χ0n) is 11.7. The molecule has 1 aliphatic rings. The van der Waals surface area contributed by atoms with Crippen LogP contribution in [0.5, 0.6) is 0 Å². The molecule has 1 aromatic heterocycles. The Hall–Kier alpha value is -1.32. The Bertz CT molecular complexity index is 389. The van der Waals surface area contributed by atoms with Crippen molar-refractivity contribution in [2.75, 3.05) is 23.8 Å². The highest BCUT2D eigenvalue weighted by molar-refractivity contribution is 5.45. The maximum absolute atomic E-state index is 4.61. The maximum Gasteiger partial charge on any atom is 0.224 e. The predicted molar refractivity (Wildman–Crippen MR) is 76.2 cm³/mol. The quantitative estimate of drug-likeness (QED) is 0.889. The molecule has 2 rings (SSSR count). The van der Waals surface area contributed by atoms with E-state index in [9.17, 15) is 0 Å². The van der Waals surface area contributed by atoms with Crippen molar-refractivity contribution in [1.82, 2.24) is 9.97 Å². The van der Waals surface area contributed by atoms with E-state index in [1.165, 1.54) is 32.1 Å². The minimum atomic E-state index is 0.655. The first kappa shape index (κ1) is 13.1. The molecule has 1 saturated heterocycles. The summed E-state index contributed by atoms with van der Waals surface area (Å²) in [5.74, 6) is 1.82. The predicted octanol–water partition coefficient (Wildman–Crippen LogP) is 2.99. The van der Waals surface area contributed by atoms with Crippen LogP contribution in [0.25, 0.3) is 0 Å². The summed E-state index contributed by atoms with van der Waals surface area (Å²) >= 11 is 0. The summed E-state index contributed by atoms with van der Waals surface area (Å²) in [4.78, 5) is 11.5. The number of nitrogens with zero attached hydrogens (tertiary/aromatic N) is 3. The molecule has 0 bridgehead atoms. The highest BCUT2D eigenvalue weighted by Crippen LogP contribution is 2.26. The van der Waals surface area contributed by atoms with Crippen LogP contribution in [-0.4, -0.2) is 29.6 Å². The van der Waals surface area contributed by atoms with E-state index in [0.717, 1.165) is 24.0 Å². The van der Waals surface area contributed by atoms with Crippen molar-refractivity contribution < 1.29 is 0 Å². The van der Waals surface area contributed by atoms with Crippen LogP contribution in [0, 0.1) is 6.92 Å². The third-order valence-corrected chi connectivity index (χ3v) is 3.61. The van der Waals surface area contributed by atoms with Gasteiger partial charge in [0.05, 0.1) is 0 Å². The molecule has 1 N–H and O–H groups in total. The Balaban J connectivity index is 2.24. The van der Waals surface area contributed by atoms with Gasteiger partial charge >= 0.3 is 0 Å². The Morgan fingerprint density at radius 2 is 2.22 bits per heavy atom. The Kier molecular flexibility index (Phi) is 4.39. The summed E-state index contributed by atoms with van der Waals surface area (Å²) in [6.07, 6.45) is 6.43. The van der Waals surface area contributed by atoms with Gasteiger partial charge in [-0.05, 0) is 32.6 Å². The fourth-order valence-electron chi connectivity index (χ4n) is 2.75. The van der Waals surface area contributed by atoms with Crippen molar-refractivity contribution in [3.8, 4) is 0 Å². The SMILES string of the molecule is CCCC1CCCCN1c1cc(C)nc(NC)n1. The minimum absolute atomic E-state index is 0.655. The van der Waals surface area contributed by atoms with Gasteiger partial charge in [0.15, 0.2) is 0 Å². The number of nitrogens with one attached hydrogen (secondary N) is 1. The Morgan fingerprint density at radius 1 is 1.39 bits per heavy atom. The summed E-state index contributed by atoms with van der Waals surface area (Å²) < 4.78 is 0. The molecule has 1 atom stereocenters. The fourth-order valence-corrected chi connectivity index (χ4v) is 2.75. The largest absolute Gasteiger partial charge is 0.357 e. The third-order valence-electron chi connectivity index (χ3n) is 3.61. The minimum Gasteiger partial charge on any atom is -0.357 e. The summed E-state index contributed by atoms with van der Waals surface area (Å²) in [5.41, 5.74) is 1.03. The first-order chi connectivity index (χ1) is 8.74. The van der Waals surface area contributed by atoms with Gasteiger partial charge in [-0.2, -0.15) is 4.98 Å². The number of aromatic nitrogens is 2. The number of hydrogen-bond donors (Lipinski definition) is 1. The summed E-state index contributed by atoms with van der Waals surface area (Å²) in [5, 5.41) is 3.05. The molecule has 0 radical (unpaired) electrons. The Morgan fingerprint density at radius 3 is 2.94 bits per heavy atom. The lowest BCUT2D eigenvalue weighted by Gasteiger charge is -2.36. The summed E-state index contributed by atoms with van der Waals surface area (Å²) in [7, 11) is 1.87. The molecule has 1 aromatic rings. The van der Waals surface area contributed by atoms with Gasteiger partial charge in [-0.25, -0.2) is 4.98 Å². The lowest BCUT2D eigenvalue weighted by atomic mass is 9.98. The first-order valence-corrected chi connectivity index (χ1v) is 7.04. The van der Waals surface area contributed by atoms with E-state index in [2.05, 4.69) is 33.2 Å². The molecule has 2 heterocycles. The molecule has 0 spiro atoms. The van der Waals surface area contributed by atoms with Gasteiger partial charge in [-0.3, -0.25) is 0 Å². The van der Waals surface area contributed by atoms with Gasteiger partial charge in [-0.1, -0.05) is 13.3 Å². The zero-order chi connectivity index (χ0) is 13.0. The monoisotopic (exact) mass is 248 g/mol. The van der Waals surface area contributed by atoms with Crippen LogP contribution in [-0.2, 0) is 0 Å². The number of aryl methyl sites for hydroxylation is 1. The number of hydrogen-bond acceptors (Lipinski definition) is 4. The highest BCUT2D eigenvalue weighted by atomic mass is 15.2. The topological polar surface area (TPSA) is 41.1 Å². The van der Waals surface area contributed by atoms with Crippen LogP contribution in [0.2, 0.25) is 0 Å². The molecule has 100 valence electrons. The molecule has 0 aromatic carbocycles. The number of rotatable bonds is 4. The average molecular weight is 248 g/mol. The van der Waals surface area contributed by atoms with Crippen molar-refractivity contribution in [3.05, 3.63) is 11.8 Å². The van der Waals surface area contributed by atoms with Gasteiger partial charge in [0.2, 0.25) is 5.95 Å². The van der Waals surface area contributed by atoms with E-state index in [0.29, 0.717) is 6.04 Å². The lowest BCUT2D eigenvalue weighted by Crippen LogP contribution is -2.40. The van der Waals surface area contributed by atoms with Crippen molar-refractivity contribution in [1.29, 1.82) is 0 Å². The lowest BCUT2D eigenvalue weighted by molar-refractivity contribution is 0.431. The molecule has 4 heteroatoms. The maximum atomic E-state index is 4.61. The van der Waals surface area contributed by atoms with Crippen LogP contribution in [0.4, 0.5) is 11.8 Å². The molecule has 1 fully saturated rings. The summed E-state index contributed by atoms with van der Waals surface area (Å²) in [6, 6.07) is 2.76. The van der Waals surface area contributed by atoms with Crippen LogP contribution in [0.3, 0.4) is 0 Å². The summed E-state index contributed by atoms with van der Waals surface area (Å²) in [6.45, 7) is 5.42. The molecule has 4 nitrogen and oxygen atoms in total. The van der Waals surface area contributed by atoms with Gasteiger partial charge in [-0.15, -0.1) is 0 Å². The van der Waals surface area contributed by atoms with Crippen molar-refractivity contribution >= 4 is 11.8 Å². The molecule has 0 aliphatic carbocycles. The van der Waals surface area contributed by atoms with Gasteiger partial charge < -0.3 is 10.2 Å². The van der Waals surface area contributed by atoms with Crippen LogP contribution < -0.4 is 10.2 Å². The van der Waals surface area contributed by atoms with E-state index in [-0.39, 0.29) is 0 Å². The second-order valence-electron chi connectivity index (χ2n) is 5.07. The first-order valence-electron chi connectivity index (χ1n) is 7.04. The smallest absolute Gasteiger partial charge is 0.224 e. The van der Waals surface area contributed by atoms with E-state index < -0.39 is 0 Å². The third kappa shape index (κ3) is 2.92. The Labute approximate surface area is 110 Å². The second-order valence-corrected chi connectivity index (χ2v) is 5.07. The molecule has 1 unspecified atom stereocenters. The normalized spacial score (nSPS) is 19.9. The second kappa shape index (κ2) is 6.03. The molecule has 1 aliphatic heterocycles. The van der Waals surface area contributed by atoms with Crippen LogP contribution >= 0.6 is 0 Å². The number of anilines is 2. The van der Waals surface area contributed by atoms with E-state index in [1.807, 2.05) is 14.0 Å². The fraction of sp³-hybridized carbons (Fsp3) is 0.714. The molecule has 0 saturated carbocycles. The molecule has 0 amide bonds. The molecular formula is C14H24N4. The standard InChI is InChI=1S/C14H24N4/c1-4-7-12-8-5-6-9-18(12)13-10-11(2)16-14(15-3)17-13/h10,12H,4-9H2,1-3H3,(H,15,16,17). The van der Waals surface area contributed by atoms with Gasteiger partial charge in [0, 0.05) is 31.4 Å². The van der Waals surface area contributed by atoms with Crippen LogP contribution in [0.1, 0.15) is 44.7 Å². The van der Waals surface area contributed by atoms with E-state index in [1.54, 1.807) is 0 Å². The van der Waals surface area contributed by atoms with Crippen LogP contribution in [0.15, 0.2) is 6.07 Å². The van der Waals surface area contributed by atoms with Crippen molar-refractivity contribution in [2.45, 2.75) is 52.0 Å². The zero-order valence-corrected chi connectivity index (χ0v) is 11.7. The molecular weight excluding hydrogens is 224 g/mol. The van der Waals surface area contributed by atoms with E-state index >= 15 is 0 Å². The van der Waals surface area contributed by atoms with E-state index in [4.69, 9.17) is 0 Å². The highest BCUT2D eigenvalue weighted by Gasteiger charge is 2.23. The van der Waals surface area contributed by atoms with Gasteiger partial charge in [0.1, 0.15) is 5.82 Å². The molecule has 18 heavy (non-hydrogen) atoms. The number of piperidine rings is 1. The van der Waals surface area contributed by atoms with Gasteiger partial charge in [0.25, 0.3) is 0 Å². The van der Waals surface area contributed by atoms with Crippen molar-refractivity contribution in [2.24, 2.45) is 0 Å². The average Bonchev–Trinajstić information content (AvgIpc) is 2.39.